The van der Waals surface area contributed by atoms with E-state index in [0.29, 0.717) is 12.5 Å². The summed E-state index contributed by atoms with van der Waals surface area (Å²) in [6.45, 7) is 9.45. The number of nitrogens with one attached hydrogen (secondary N) is 1. The average molecular weight is 255 g/mol. The molecule has 1 fully saturated rings. The standard InChI is InChI=1S/C14H29N3O/c1-11-9-12(2)13(3)17(10-11)8-6-4-5-7-14(18)16-15/h11-13H,4-10,15H2,1-3H3,(H,16,18). The van der Waals surface area contributed by atoms with Gasteiger partial charge in [0.15, 0.2) is 0 Å². The van der Waals surface area contributed by atoms with E-state index in [1.54, 1.807) is 0 Å². The molecule has 1 aliphatic rings. The highest BCUT2D eigenvalue weighted by atomic mass is 16.2. The molecule has 4 heteroatoms. The fourth-order valence-electron chi connectivity index (χ4n) is 2.98. The molecular weight excluding hydrogens is 226 g/mol. The molecule has 3 atom stereocenters. The second kappa shape index (κ2) is 7.74. The minimum atomic E-state index is -0.0522. The zero-order valence-electron chi connectivity index (χ0n) is 12.1. The Bertz CT molecular complexity index is 257. The summed E-state index contributed by atoms with van der Waals surface area (Å²) in [7, 11) is 0. The molecule has 1 aliphatic heterocycles. The maximum absolute atomic E-state index is 11.0. The number of rotatable bonds is 6. The van der Waals surface area contributed by atoms with Crippen molar-refractivity contribution in [1.82, 2.24) is 10.3 Å². The molecule has 0 spiro atoms. The molecule has 0 radical (unpaired) electrons. The number of carbonyl (C=O) groups is 1. The van der Waals surface area contributed by atoms with Crippen molar-refractivity contribution in [3.8, 4) is 0 Å². The van der Waals surface area contributed by atoms with Gasteiger partial charge >= 0.3 is 0 Å². The molecule has 4 nitrogen and oxygen atoms in total. The fraction of sp³-hybridized carbons (Fsp3) is 0.929. The highest BCUT2D eigenvalue weighted by Gasteiger charge is 2.27. The Hall–Kier alpha value is -0.610. The zero-order chi connectivity index (χ0) is 13.5. The van der Waals surface area contributed by atoms with Gasteiger partial charge in [0.25, 0.3) is 0 Å². The highest BCUT2D eigenvalue weighted by Crippen LogP contribution is 2.27. The number of unbranched alkanes of at least 4 members (excludes halogenated alkanes) is 2. The monoisotopic (exact) mass is 255 g/mol. The van der Waals surface area contributed by atoms with Gasteiger partial charge in [-0.15, -0.1) is 0 Å². The number of piperidine rings is 1. The number of nitrogens with two attached hydrogens (primary N) is 1. The highest BCUT2D eigenvalue weighted by molar-refractivity contribution is 5.74. The van der Waals surface area contributed by atoms with Crippen LogP contribution in [0.2, 0.25) is 0 Å². The van der Waals surface area contributed by atoms with Gasteiger partial charge in [0.2, 0.25) is 5.91 Å². The second-order valence-electron chi connectivity index (χ2n) is 5.93. The number of likely N-dealkylation sites (tertiary alicyclic amines) is 1. The summed E-state index contributed by atoms with van der Waals surface area (Å²) < 4.78 is 0. The molecule has 1 heterocycles. The van der Waals surface area contributed by atoms with Gasteiger partial charge in [-0.3, -0.25) is 10.2 Å². The van der Waals surface area contributed by atoms with Crippen LogP contribution in [0, 0.1) is 11.8 Å². The van der Waals surface area contributed by atoms with E-state index >= 15 is 0 Å². The van der Waals surface area contributed by atoms with Gasteiger partial charge in [-0.05, 0) is 44.6 Å². The number of hydrogen-bond acceptors (Lipinski definition) is 3. The first-order valence-electron chi connectivity index (χ1n) is 7.28. The minimum absolute atomic E-state index is 0.0522. The quantitative estimate of drug-likeness (QED) is 0.330. The molecule has 0 saturated carbocycles. The lowest BCUT2D eigenvalue weighted by atomic mass is 9.86. The third-order valence-corrected chi connectivity index (χ3v) is 4.23. The molecule has 106 valence electrons. The smallest absolute Gasteiger partial charge is 0.233 e. The van der Waals surface area contributed by atoms with E-state index in [4.69, 9.17) is 5.84 Å². The summed E-state index contributed by atoms with van der Waals surface area (Å²) in [6.07, 6.45) is 5.14. The number of amides is 1. The number of hydrogen-bond donors (Lipinski definition) is 2. The van der Waals surface area contributed by atoms with E-state index in [-0.39, 0.29) is 5.91 Å². The Labute approximate surface area is 111 Å². The molecule has 1 rings (SSSR count). The van der Waals surface area contributed by atoms with Crippen LogP contribution >= 0.6 is 0 Å². The maximum Gasteiger partial charge on any atom is 0.233 e. The first-order valence-corrected chi connectivity index (χ1v) is 7.28. The lowest BCUT2D eigenvalue weighted by Crippen LogP contribution is -2.46. The van der Waals surface area contributed by atoms with E-state index < -0.39 is 0 Å². The Morgan fingerprint density at radius 3 is 2.67 bits per heavy atom. The van der Waals surface area contributed by atoms with Crippen LogP contribution in [0.4, 0.5) is 0 Å². The predicted octanol–water partition coefficient (Wildman–Crippen LogP) is 1.90. The Kier molecular flexibility index (Phi) is 6.65. The van der Waals surface area contributed by atoms with Gasteiger partial charge in [0.05, 0.1) is 0 Å². The van der Waals surface area contributed by atoms with Crippen LogP contribution in [0.25, 0.3) is 0 Å². The average Bonchev–Trinajstić information content (AvgIpc) is 2.34. The van der Waals surface area contributed by atoms with Gasteiger partial charge in [0, 0.05) is 19.0 Å². The zero-order valence-corrected chi connectivity index (χ0v) is 12.1. The summed E-state index contributed by atoms with van der Waals surface area (Å²) in [5.74, 6) is 6.61. The van der Waals surface area contributed by atoms with E-state index in [1.165, 1.54) is 25.9 Å². The van der Waals surface area contributed by atoms with Gasteiger partial charge in [-0.25, -0.2) is 5.84 Å². The first kappa shape index (κ1) is 15.4. The van der Waals surface area contributed by atoms with Crippen molar-refractivity contribution in [3.05, 3.63) is 0 Å². The molecule has 1 amide bonds. The summed E-state index contributed by atoms with van der Waals surface area (Å²) >= 11 is 0. The molecule has 3 unspecified atom stereocenters. The molecular formula is C14H29N3O. The van der Waals surface area contributed by atoms with Gasteiger partial charge in [0.1, 0.15) is 0 Å². The van der Waals surface area contributed by atoms with Crippen molar-refractivity contribution in [2.75, 3.05) is 13.1 Å². The van der Waals surface area contributed by atoms with Crippen molar-refractivity contribution in [2.24, 2.45) is 17.7 Å². The van der Waals surface area contributed by atoms with E-state index in [0.717, 1.165) is 24.7 Å². The summed E-state index contributed by atoms with van der Waals surface area (Å²) in [4.78, 5) is 13.6. The summed E-state index contributed by atoms with van der Waals surface area (Å²) in [5.41, 5.74) is 2.17. The lowest BCUT2D eigenvalue weighted by molar-refractivity contribution is -0.121. The second-order valence-corrected chi connectivity index (χ2v) is 5.93. The maximum atomic E-state index is 11.0. The van der Waals surface area contributed by atoms with Crippen LogP contribution < -0.4 is 11.3 Å². The molecule has 0 bridgehead atoms. The topological polar surface area (TPSA) is 58.4 Å². The normalized spacial score (nSPS) is 29.2. The number of hydrazine groups is 1. The molecule has 3 N–H and O–H groups in total. The SMILES string of the molecule is CC1CC(C)C(C)N(CCCCCC(=O)NN)C1. The third-order valence-electron chi connectivity index (χ3n) is 4.23. The Balaban J connectivity index is 2.16. The Morgan fingerprint density at radius 1 is 1.28 bits per heavy atom. The van der Waals surface area contributed by atoms with Crippen molar-refractivity contribution in [2.45, 2.75) is 58.9 Å². The lowest BCUT2D eigenvalue weighted by Gasteiger charge is -2.41. The van der Waals surface area contributed by atoms with E-state index in [1.807, 2.05) is 0 Å². The van der Waals surface area contributed by atoms with Crippen LogP contribution in [0.3, 0.4) is 0 Å². The minimum Gasteiger partial charge on any atom is -0.300 e. The van der Waals surface area contributed by atoms with E-state index in [9.17, 15) is 4.79 Å². The fourth-order valence-corrected chi connectivity index (χ4v) is 2.98. The van der Waals surface area contributed by atoms with Crippen molar-refractivity contribution in [1.29, 1.82) is 0 Å². The van der Waals surface area contributed by atoms with Crippen LogP contribution in [-0.4, -0.2) is 29.9 Å². The summed E-state index contributed by atoms with van der Waals surface area (Å²) in [6, 6.07) is 0.702. The van der Waals surface area contributed by atoms with Gasteiger partial charge in [-0.1, -0.05) is 20.3 Å². The van der Waals surface area contributed by atoms with Crippen molar-refractivity contribution < 1.29 is 4.79 Å². The summed E-state index contributed by atoms with van der Waals surface area (Å²) in [5, 5.41) is 0. The number of carbonyl (C=O) groups excluding carboxylic acids is 1. The Morgan fingerprint density at radius 2 is 2.00 bits per heavy atom. The van der Waals surface area contributed by atoms with Crippen molar-refractivity contribution in [3.63, 3.8) is 0 Å². The van der Waals surface area contributed by atoms with E-state index in [2.05, 4.69) is 31.1 Å². The molecule has 0 aliphatic carbocycles. The first-order chi connectivity index (χ1) is 8.54. The molecule has 0 aromatic heterocycles. The molecule has 0 aromatic rings. The van der Waals surface area contributed by atoms with Crippen molar-refractivity contribution >= 4 is 5.91 Å². The molecule has 18 heavy (non-hydrogen) atoms. The van der Waals surface area contributed by atoms with Crippen LogP contribution in [0.1, 0.15) is 52.9 Å². The predicted molar refractivity (Wildman–Crippen MR) is 74.8 cm³/mol. The largest absolute Gasteiger partial charge is 0.300 e. The molecule has 0 aromatic carbocycles. The van der Waals surface area contributed by atoms with Gasteiger partial charge in [-0.2, -0.15) is 0 Å². The third kappa shape index (κ3) is 4.94. The molecule has 1 saturated heterocycles. The van der Waals surface area contributed by atoms with Gasteiger partial charge < -0.3 is 4.90 Å². The van der Waals surface area contributed by atoms with Crippen LogP contribution in [-0.2, 0) is 4.79 Å². The van der Waals surface area contributed by atoms with Crippen LogP contribution in [0.15, 0.2) is 0 Å². The van der Waals surface area contributed by atoms with Crippen LogP contribution in [0.5, 0.6) is 0 Å². The number of nitrogens with zero attached hydrogens (tertiary/aromatic N) is 1.